The van der Waals surface area contributed by atoms with Gasteiger partial charge in [-0.05, 0) is 69.7 Å². The lowest BCUT2D eigenvalue weighted by molar-refractivity contribution is -0.303. The van der Waals surface area contributed by atoms with E-state index in [1.165, 1.54) is 6.07 Å². The summed E-state index contributed by atoms with van der Waals surface area (Å²) in [7, 11) is 0. The van der Waals surface area contributed by atoms with Gasteiger partial charge in [0.1, 0.15) is 17.6 Å². The first-order chi connectivity index (χ1) is 22.9. The van der Waals surface area contributed by atoms with Gasteiger partial charge in [-0.25, -0.2) is 0 Å². The second-order valence-electron chi connectivity index (χ2n) is 13.6. The number of benzene rings is 3. The fourth-order valence-corrected chi connectivity index (χ4v) is 7.65. The van der Waals surface area contributed by atoms with Crippen LogP contribution in [0.2, 0.25) is 0 Å². The second-order valence-corrected chi connectivity index (χ2v) is 13.6. The molecule has 0 radical (unpaired) electrons. The molecule has 1 aliphatic carbocycles. The Morgan fingerprint density at radius 2 is 1.40 bits per heavy atom. The lowest BCUT2D eigenvalue weighted by Crippen LogP contribution is -2.50. The maximum atomic E-state index is 13.8. The van der Waals surface area contributed by atoms with E-state index in [2.05, 4.69) is 0 Å². The highest BCUT2D eigenvalue weighted by molar-refractivity contribution is 6.33. The molecule has 3 saturated heterocycles. The van der Waals surface area contributed by atoms with Crippen LogP contribution in [0.25, 0.3) is 10.8 Å². The molecule has 0 bridgehead atoms. The minimum atomic E-state index is -0.971. The van der Waals surface area contributed by atoms with Crippen molar-refractivity contribution in [1.29, 1.82) is 0 Å². The molecule has 11 heteroatoms. The lowest BCUT2D eigenvalue weighted by atomic mass is 9.79. The van der Waals surface area contributed by atoms with Crippen LogP contribution in [0.15, 0.2) is 36.4 Å². The number of phenolic OH excluding ortho intramolecular Hbond substituents is 2. The predicted octanol–water partition coefficient (Wildman–Crippen LogP) is 4.73. The van der Waals surface area contributed by atoms with Gasteiger partial charge in [0.25, 0.3) is 0 Å². The number of carbonyl (C=O) groups is 2. The fourth-order valence-electron chi connectivity index (χ4n) is 7.65. The Hall–Kier alpha value is -3.42. The summed E-state index contributed by atoms with van der Waals surface area (Å²) in [5.74, 6) is -1.45. The third-order valence-corrected chi connectivity index (χ3v) is 10.2. The average Bonchev–Trinajstić information content (AvgIpc) is 3.03. The van der Waals surface area contributed by atoms with Crippen LogP contribution in [0.3, 0.4) is 0 Å². The SMILES string of the molecule is Cc1cc(O)c2c3c(ccc2c1)C(=O)c1c(ccc([C@H]2C[C@@H](O)[C@H](O[C@H]4CC[C@H](O[C@H]5CC[C@H](O)[C@H](C)O5)[C@H](C)O4)[C@@H](C)O2)c1O)C3=O. The Labute approximate surface area is 278 Å². The monoisotopic (exact) mass is 662 g/mol. The Balaban J connectivity index is 1.03. The molecule has 3 aromatic carbocycles. The zero-order valence-corrected chi connectivity index (χ0v) is 27.4. The Morgan fingerprint density at radius 1 is 0.729 bits per heavy atom. The summed E-state index contributed by atoms with van der Waals surface area (Å²) in [6, 6.07) is 9.66. The molecule has 7 rings (SSSR count). The van der Waals surface area contributed by atoms with E-state index in [0.29, 0.717) is 36.5 Å². The van der Waals surface area contributed by atoms with Gasteiger partial charge >= 0.3 is 0 Å². The van der Waals surface area contributed by atoms with Crippen molar-refractivity contribution >= 4 is 22.3 Å². The van der Waals surface area contributed by atoms with Crippen molar-refractivity contribution in [2.24, 2.45) is 0 Å². The van der Waals surface area contributed by atoms with Crippen LogP contribution in [0.5, 0.6) is 11.5 Å². The van der Waals surface area contributed by atoms with Gasteiger partial charge in [-0.1, -0.05) is 18.2 Å². The van der Waals surface area contributed by atoms with Crippen molar-refractivity contribution < 1.29 is 53.7 Å². The van der Waals surface area contributed by atoms with E-state index in [1.54, 1.807) is 31.2 Å². The van der Waals surface area contributed by atoms with Crippen molar-refractivity contribution in [1.82, 2.24) is 0 Å². The normalized spacial score (nSPS) is 33.8. The zero-order valence-electron chi connectivity index (χ0n) is 27.4. The fraction of sp³-hybridized carbons (Fsp3) is 0.514. The number of carbonyl (C=O) groups excluding carboxylic acids is 2. The highest BCUT2D eigenvalue weighted by Crippen LogP contribution is 2.44. The molecule has 10 atom stereocenters. The van der Waals surface area contributed by atoms with Gasteiger partial charge in [0.15, 0.2) is 24.1 Å². The number of aryl methyl sites for hydroxylation is 1. The molecule has 3 heterocycles. The minimum Gasteiger partial charge on any atom is -0.507 e. The first-order valence-corrected chi connectivity index (χ1v) is 16.8. The molecule has 4 N–H and O–H groups in total. The van der Waals surface area contributed by atoms with Crippen LogP contribution < -0.4 is 0 Å². The standard InChI is InChI=1S/C37H42O11/c1-16-13-20-5-6-22-32(31(20)25(39)14-16)35(42)23-8-7-21(34(41)33(23)36(22)43)28-15-26(40)37(19(4)44-28)48-30-12-10-27(18(3)46-30)47-29-11-9-24(38)17(2)45-29/h5-8,13-14,17-19,24,26-30,37-41H,9-12,15H2,1-4H3/t17-,18-,19+,24-,26+,27-,28+,29-,30-,37+/m0/s1. The molecule has 0 aromatic heterocycles. The van der Waals surface area contributed by atoms with E-state index in [0.717, 1.165) is 5.56 Å². The molecule has 3 fully saturated rings. The molecule has 4 aliphatic rings. The summed E-state index contributed by atoms with van der Waals surface area (Å²) < 4.78 is 30.6. The van der Waals surface area contributed by atoms with Gasteiger partial charge < -0.3 is 44.1 Å². The largest absolute Gasteiger partial charge is 0.507 e. The summed E-state index contributed by atoms with van der Waals surface area (Å²) in [6.45, 7) is 7.34. The van der Waals surface area contributed by atoms with Gasteiger partial charge in [-0.15, -0.1) is 0 Å². The molecule has 0 amide bonds. The smallest absolute Gasteiger partial charge is 0.198 e. The molecule has 11 nitrogen and oxygen atoms in total. The average molecular weight is 663 g/mol. The first kappa shape index (κ1) is 33.1. The van der Waals surface area contributed by atoms with Crippen molar-refractivity contribution in [3.05, 3.63) is 69.8 Å². The van der Waals surface area contributed by atoms with Crippen molar-refractivity contribution in [3.8, 4) is 11.5 Å². The van der Waals surface area contributed by atoms with Crippen LogP contribution in [0.4, 0.5) is 0 Å². The second kappa shape index (κ2) is 12.8. The van der Waals surface area contributed by atoms with E-state index in [4.69, 9.17) is 23.7 Å². The number of fused-ring (bicyclic) bond motifs is 4. The third kappa shape index (κ3) is 5.81. The molecular weight excluding hydrogens is 620 g/mol. The molecule has 3 aromatic rings. The molecule has 0 unspecified atom stereocenters. The summed E-state index contributed by atoms with van der Waals surface area (Å²) in [6.07, 6.45) is -2.80. The topological polar surface area (TPSA) is 161 Å². The van der Waals surface area contributed by atoms with Crippen molar-refractivity contribution in [2.45, 2.75) is 121 Å². The highest BCUT2D eigenvalue weighted by Gasteiger charge is 2.43. The van der Waals surface area contributed by atoms with Gasteiger partial charge in [0.2, 0.25) is 0 Å². The number of phenols is 2. The number of hydrogen-bond acceptors (Lipinski definition) is 11. The highest BCUT2D eigenvalue weighted by atomic mass is 16.7. The summed E-state index contributed by atoms with van der Waals surface area (Å²) in [4.78, 5) is 27.5. The van der Waals surface area contributed by atoms with Crippen LogP contribution in [-0.4, -0.2) is 87.3 Å². The van der Waals surface area contributed by atoms with Crippen LogP contribution in [0.1, 0.15) is 102 Å². The van der Waals surface area contributed by atoms with Gasteiger partial charge in [-0.3, -0.25) is 9.59 Å². The number of ketones is 2. The van der Waals surface area contributed by atoms with Crippen molar-refractivity contribution in [3.63, 3.8) is 0 Å². The van der Waals surface area contributed by atoms with E-state index in [9.17, 15) is 30.0 Å². The quantitative estimate of drug-likeness (QED) is 0.234. The molecular formula is C37H42O11. The zero-order chi connectivity index (χ0) is 34.0. The molecule has 0 spiro atoms. The first-order valence-electron chi connectivity index (χ1n) is 16.8. The van der Waals surface area contributed by atoms with E-state index in [1.807, 2.05) is 26.8 Å². The van der Waals surface area contributed by atoms with E-state index >= 15 is 0 Å². The van der Waals surface area contributed by atoms with Crippen LogP contribution in [0, 0.1) is 6.92 Å². The number of aliphatic hydroxyl groups excluding tert-OH is 2. The van der Waals surface area contributed by atoms with E-state index < -0.39 is 54.7 Å². The predicted molar refractivity (Wildman–Crippen MR) is 172 cm³/mol. The van der Waals surface area contributed by atoms with Gasteiger partial charge in [-0.2, -0.15) is 0 Å². The van der Waals surface area contributed by atoms with Gasteiger partial charge in [0, 0.05) is 46.9 Å². The maximum absolute atomic E-state index is 13.8. The summed E-state index contributed by atoms with van der Waals surface area (Å²) in [5, 5.41) is 44.3. The minimum absolute atomic E-state index is 0.0415. The number of aromatic hydroxyl groups is 2. The molecule has 3 aliphatic heterocycles. The Bertz CT molecular complexity index is 1740. The Kier molecular flexibility index (Phi) is 8.82. The van der Waals surface area contributed by atoms with Crippen LogP contribution >= 0.6 is 0 Å². The van der Waals surface area contributed by atoms with Crippen molar-refractivity contribution in [2.75, 3.05) is 0 Å². The number of aliphatic hydroxyl groups is 2. The number of ether oxygens (including phenoxy) is 5. The number of rotatable bonds is 5. The summed E-state index contributed by atoms with van der Waals surface area (Å²) in [5.41, 5.74) is 1.24. The summed E-state index contributed by atoms with van der Waals surface area (Å²) >= 11 is 0. The molecule has 0 saturated carbocycles. The Morgan fingerprint density at radius 3 is 2.12 bits per heavy atom. The lowest BCUT2D eigenvalue weighted by Gasteiger charge is -2.43. The van der Waals surface area contributed by atoms with Gasteiger partial charge in [0.05, 0.1) is 48.3 Å². The van der Waals surface area contributed by atoms with E-state index in [-0.39, 0.29) is 64.0 Å². The molecule has 48 heavy (non-hydrogen) atoms. The van der Waals surface area contributed by atoms with Crippen LogP contribution in [-0.2, 0) is 23.7 Å². The third-order valence-electron chi connectivity index (χ3n) is 10.2. The molecule has 256 valence electrons. The number of hydrogen-bond donors (Lipinski definition) is 4. The maximum Gasteiger partial charge on any atom is 0.198 e.